The number of carboxylic acid groups (broad SMARTS) is 1. The van der Waals surface area contributed by atoms with Gasteiger partial charge in [0.05, 0.1) is 11.3 Å². The van der Waals surface area contributed by atoms with Crippen LogP contribution in [0.1, 0.15) is 29.6 Å². The highest BCUT2D eigenvalue weighted by Gasteiger charge is 2.21. The Labute approximate surface area is 110 Å². The van der Waals surface area contributed by atoms with Crippen LogP contribution in [0.3, 0.4) is 0 Å². The summed E-state index contributed by atoms with van der Waals surface area (Å²) in [6.07, 6.45) is 3.84. The summed E-state index contributed by atoms with van der Waals surface area (Å²) in [5.74, 6) is -0.145. The third-order valence-corrected chi connectivity index (χ3v) is 3.85. The van der Waals surface area contributed by atoms with Crippen molar-refractivity contribution in [2.24, 2.45) is 5.92 Å². The molecule has 0 amide bonds. The Kier molecular flexibility index (Phi) is 3.72. The summed E-state index contributed by atoms with van der Waals surface area (Å²) in [5, 5.41) is 9.17. The van der Waals surface area contributed by atoms with E-state index in [1.807, 2.05) is 13.1 Å². The zero-order valence-electron chi connectivity index (χ0n) is 9.82. The third kappa shape index (κ3) is 2.80. The maximum Gasteiger partial charge on any atom is 0.337 e. The van der Waals surface area contributed by atoms with Crippen molar-refractivity contribution in [3.8, 4) is 0 Å². The predicted molar refractivity (Wildman–Crippen MR) is 71.7 cm³/mol. The van der Waals surface area contributed by atoms with Crippen LogP contribution in [0.2, 0.25) is 0 Å². The molecule has 0 heterocycles. The van der Waals surface area contributed by atoms with Crippen LogP contribution >= 0.6 is 15.9 Å². The second-order valence-electron chi connectivity index (χ2n) is 4.64. The molecule has 1 fully saturated rings. The van der Waals surface area contributed by atoms with Crippen molar-refractivity contribution in [3.05, 3.63) is 28.2 Å². The molecule has 0 saturated heterocycles. The zero-order chi connectivity index (χ0) is 12.4. The summed E-state index contributed by atoms with van der Waals surface area (Å²) in [6, 6.07) is 5.30. The molecule has 1 aromatic carbocycles. The molecule has 1 N–H and O–H groups in total. The molecule has 0 atom stereocenters. The number of rotatable bonds is 4. The summed E-state index contributed by atoms with van der Waals surface area (Å²) < 4.78 is 0.915. The molecular formula is C13H16BrNO2. The Bertz CT molecular complexity index is 429. The standard InChI is InChI=1S/C13H16BrNO2/c1-15(8-9-3-2-4-9)12-7-10(14)5-6-11(12)13(16)17/h5-7,9H,2-4,8H2,1H3,(H,16,17). The van der Waals surface area contributed by atoms with E-state index in [1.165, 1.54) is 19.3 Å². The lowest BCUT2D eigenvalue weighted by molar-refractivity contribution is 0.0697. The van der Waals surface area contributed by atoms with Gasteiger partial charge in [-0.25, -0.2) is 4.79 Å². The van der Waals surface area contributed by atoms with Crippen LogP contribution in [0.25, 0.3) is 0 Å². The minimum atomic E-state index is -0.868. The van der Waals surface area contributed by atoms with Crippen LogP contribution in [0.15, 0.2) is 22.7 Å². The number of anilines is 1. The van der Waals surface area contributed by atoms with Gasteiger partial charge in [-0.2, -0.15) is 0 Å². The molecule has 92 valence electrons. The second kappa shape index (κ2) is 5.08. The van der Waals surface area contributed by atoms with Crippen LogP contribution in [-0.4, -0.2) is 24.7 Å². The lowest BCUT2D eigenvalue weighted by Gasteiger charge is -2.32. The summed E-state index contributed by atoms with van der Waals surface area (Å²) in [6.45, 7) is 0.941. The minimum Gasteiger partial charge on any atom is -0.478 e. The molecule has 2 rings (SSSR count). The first kappa shape index (κ1) is 12.4. The molecule has 0 radical (unpaired) electrons. The highest BCUT2D eigenvalue weighted by Crippen LogP contribution is 2.30. The number of hydrogen-bond acceptors (Lipinski definition) is 2. The fraction of sp³-hybridized carbons (Fsp3) is 0.462. The van der Waals surface area contributed by atoms with Crippen molar-refractivity contribution in [2.45, 2.75) is 19.3 Å². The van der Waals surface area contributed by atoms with E-state index < -0.39 is 5.97 Å². The number of carbonyl (C=O) groups is 1. The van der Waals surface area contributed by atoms with E-state index in [2.05, 4.69) is 20.8 Å². The van der Waals surface area contributed by atoms with Crippen molar-refractivity contribution in [3.63, 3.8) is 0 Å². The van der Waals surface area contributed by atoms with Gasteiger partial charge in [0, 0.05) is 18.1 Å². The molecule has 0 aromatic heterocycles. The van der Waals surface area contributed by atoms with Gasteiger partial charge in [0.15, 0.2) is 0 Å². The number of nitrogens with zero attached hydrogens (tertiary/aromatic N) is 1. The molecule has 0 unspecified atom stereocenters. The maximum atomic E-state index is 11.2. The van der Waals surface area contributed by atoms with Gasteiger partial charge >= 0.3 is 5.97 Å². The van der Waals surface area contributed by atoms with Crippen LogP contribution in [0, 0.1) is 5.92 Å². The van der Waals surface area contributed by atoms with Crippen LogP contribution in [0.4, 0.5) is 5.69 Å². The maximum absolute atomic E-state index is 11.2. The van der Waals surface area contributed by atoms with E-state index in [0.29, 0.717) is 5.56 Å². The lowest BCUT2D eigenvalue weighted by Crippen LogP contribution is -2.30. The lowest BCUT2D eigenvalue weighted by atomic mass is 9.85. The van der Waals surface area contributed by atoms with Crippen molar-refractivity contribution >= 4 is 27.6 Å². The van der Waals surface area contributed by atoms with Crippen LogP contribution in [0.5, 0.6) is 0 Å². The van der Waals surface area contributed by atoms with Gasteiger partial charge < -0.3 is 10.0 Å². The summed E-state index contributed by atoms with van der Waals surface area (Å²) in [5.41, 5.74) is 1.16. The Morgan fingerprint density at radius 3 is 2.76 bits per heavy atom. The fourth-order valence-corrected chi connectivity index (χ4v) is 2.51. The van der Waals surface area contributed by atoms with Crippen molar-refractivity contribution in [1.82, 2.24) is 0 Å². The topological polar surface area (TPSA) is 40.5 Å². The van der Waals surface area contributed by atoms with Gasteiger partial charge in [-0.1, -0.05) is 22.4 Å². The Morgan fingerprint density at radius 2 is 2.24 bits per heavy atom. The van der Waals surface area contributed by atoms with Crippen molar-refractivity contribution < 1.29 is 9.90 Å². The van der Waals surface area contributed by atoms with E-state index in [9.17, 15) is 4.79 Å². The van der Waals surface area contributed by atoms with Gasteiger partial charge in [-0.15, -0.1) is 0 Å². The van der Waals surface area contributed by atoms with Gasteiger partial charge in [0.25, 0.3) is 0 Å². The molecule has 1 saturated carbocycles. The highest BCUT2D eigenvalue weighted by atomic mass is 79.9. The fourth-order valence-electron chi connectivity index (χ4n) is 2.16. The van der Waals surface area contributed by atoms with Crippen LogP contribution in [-0.2, 0) is 0 Å². The molecule has 3 nitrogen and oxygen atoms in total. The van der Waals surface area contributed by atoms with E-state index in [1.54, 1.807) is 12.1 Å². The molecule has 0 aliphatic heterocycles. The Morgan fingerprint density at radius 1 is 1.53 bits per heavy atom. The largest absolute Gasteiger partial charge is 0.478 e. The summed E-state index contributed by atoms with van der Waals surface area (Å²) in [7, 11) is 1.96. The van der Waals surface area contributed by atoms with Gasteiger partial charge in [-0.05, 0) is 37.0 Å². The molecule has 0 spiro atoms. The monoisotopic (exact) mass is 297 g/mol. The van der Waals surface area contributed by atoms with Crippen molar-refractivity contribution in [2.75, 3.05) is 18.5 Å². The number of carboxylic acids is 1. The van der Waals surface area contributed by atoms with E-state index >= 15 is 0 Å². The first-order chi connectivity index (χ1) is 8.08. The van der Waals surface area contributed by atoms with Gasteiger partial charge in [0.2, 0.25) is 0 Å². The summed E-state index contributed by atoms with van der Waals surface area (Å²) >= 11 is 3.39. The molecule has 1 aliphatic carbocycles. The number of aromatic carboxylic acids is 1. The molecular weight excluding hydrogens is 282 g/mol. The first-order valence-corrected chi connectivity index (χ1v) is 6.61. The SMILES string of the molecule is CN(CC1CCC1)c1cc(Br)ccc1C(=O)O. The van der Waals surface area contributed by atoms with Gasteiger partial charge in [0.1, 0.15) is 0 Å². The predicted octanol–water partition coefficient (Wildman–Crippen LogP) is 3.38. The number of halogens is 1. The Hall–Kier alpha value is -1.03. The molecule has 0 bridgehead atoms. The highest BCUT2D eigenvalue weighted by molar-refractivity contribution is 9.10. The molecule has 1 aromatic rings. The van der Waals surface area contributed by atoms with Gasteiger partial charge in [-0.3, -0.25) is 0 Å². The molecule has 1 aliphatic rings. The number of hydrogen-bond donors (Lipinski definition) is 1. The van der Waals surface area contributed by atoms with E-state index in [-0.39, 0.29) is 0 Å². The van der Waals surface area contributed by atoms with E-state index in [4.69, 9.17) is 5.11 Å². The normalized spacial score (nSPS) is 15.4. The average Bonchev–Trinajstić information content (AvgIpc) is 2.22. The number of benzene rings is 1. The second-order valence-corrected chi connectivity index (χ2v) is 5.56. The Balaban J connectivity index is 2.21. The molecule has 4 heteroatoms. The summed E-state index contributed by atoms with van der Waals surface area (Å²) in [4.78, 5) is 13.2. The zero-order valence-corrected chi connectivity index (χ0v) is 11.4. The first-order valence-electron chi connectivity index (χ1n) is 5.82. The van der Waals surface area contributed by atoms with Crippen LogP contribution < -0.4 is 4.90 Å². The quantitative estimate of drug-likeness (QED) is 0.926. The smallest absolute Gasteiger partial charge is 0.337 e. The molecule has 17 heavy (non-hydrogen) atoms. The minimum absolute atomic E-state index is 0.370. The average molecular weight is 298 g/mol. The van der Waals surface area contributed by atoms with E-state index in [0.717, 1.165) is 22.6 Å². The third-order valence-electron chi connectivity index (χ3n) is 3.36. The van der Waals surface area contributed by atoms with Crippen molar-refractivity contribution in [1.29, 1.82) is 0 Å².